The van der Waals surface area contributed by atoms with Crippen LogP contribution in [0.5, 0.6) is 0 Å². The van der Waals surface area contributed by atoms with E-state index in [2.05, 4.69) is 27.7 Å². The fourth-order valence-corrected chi connectivity index (χ4v) is 1.88. The van der Waals surface area contributed by atoms with Crippen molar-refractivity contribution in [3.8, 4) is 0 Å². The molecule has 0 aliphatic heterocycles. The van der Waals surface area contributed by atoms with E-state index in [1.54, 1.807) is 0 Å². The van der Waals surface area contributed by atoms with Crippen molar-refractivity contribution in [2.24, 2.45) is 11.1 Å². The molecule has 2 N–H and O–H groups in total. The highest BCUT2D eigenvalue weighted by molar-refractivity contribution is 4.85. The summed E-state index contributed by atoms with van der Waals surface area (Å²) in [7, 11) is 0. The minimum absolute atomic E-state index is 0.158. The number of hydrogen-bond donors (Lipinski definition) is 1. The Morgan fingerprint density at radius 1 is 1.36 bits per heavy atom. The van der Waals surface area contributed by atoms with Gasteiger partial charge in [-0.1, -0.05) is 27.7 Å². The molecule has 0 aromatic carbocycles. The molecule has 0 bridgehead atoms. The molecule has 0 saturated heterocycles. The van der Waals surface area contributed by atoms with Gasteiger partial charge in [-0.2, -0.15) is 0 Å². The lowest BCUT2D eigenvalue weighted by Gasteiger charge is -2.40. The average Bonchev–Trinajstić information content (AvgIpc) is 1.98. The smallest absolute Gasteiger partial charge is 0.0777 e. The molecule has 1 rings (SSSR count). The van der Waals surface area contributed by atoms with E-state index in [-0.39, 0.29) is 17.6 Å². The van der Waals surface area contributed by atoms with E-state index in [0.717, 1.165) is 6.42 Å². The summed E-state index contributed by atoms with van der Waals surface area (Å²) in [5, 5.41) is 0. The Bertz CT molecular complexity index is 170. The maximum absolute atomic E-state index is 6.11. The zero-order valence-corrected chi connectivity index (χ0v) is 10.0. The monoisotopic (exact) mass is 199 g/mol. The van der Waals surface area contributed by atoms with Gasteiger partial charge < -0.3 is 10.5 Å². The van der Waals surface area contributed by atoms with Crippen molar-refractivity contribution in [3.63, 3.8) is 0 Å². The van der Waals surface area contributed by atoms with Crippen LogP contribution in [0.4, 0.5) is 0 Å². The number of nitrogens with two attached hydrogens (primary N) is 1. The first-order valence-electron chi connectivity index (χ1n) is 5.86. The average molecular weight is 199 g/mol. The zero-order valence-electron chi connectivity index (χ0n) is 10.0. The van der Waals surface area contributed by atoms with Crippen LogP contribution in [-0.2, 0) is 4.74 Å². The van der Waals surface area contributed by atoms with Crippen molar-refractivity contribution in [1.29, 1.82) is 0 Å². The Morgan fingerprint density at radius 2 is 1.93 bits per heavy atom. The summed E-state index contributed by atoms with van der Waals surface area (Å²) in [4.78, 5) is 0. The second-order valence-corrected chi connectivity index (χ2v) is 5.55. The summed E-state index contributed by atoms with van der Waals surface area (Å²) in [6.07, 6.45) is 5.46. The summed E-state index contributed by atoms with van der Waals surface area (Å²) in [6, 6.07) is 0.176. The molecule has 1 saturated carbocycles. The summed E-state index contributed by atoms with van der Waals surface area (Å²) in [5.74, 6) is 0. The van der Waals surface area contributed by atoms with E-state index in [1.165, 1.54) is 19.3 Å². The van der Waals surface area contributed by atoms with Crippen LogP contribution in [0.25, 0.3) is 0 Å². The van der Waals surface area contributed by atoms with Gasteiger partial charge in [0.15, 0.2) is 0 Å². The number of rotatable bonds is 4. The van der Waals surface area contributed by atoms with Crippen LogP contribution in [0.15, 0.2) is 0 Å². The van der Waals surface area contributed by atoms with Gasteiger partial charge in [0.1, 0.15) is 0 Å². The first kappa shape index (κ1) is 12.0. The minimum atomic E-state index is 0.158. The van der Waals surface area contributed by atoms with Gasteiger partial charge >= 0.3 is 0 Å². The zero-order chi connectivity index (χ0) is 10.8. The molecule has 1 fully saturated rings. The van der Waals surface area contributed by atoms with Crippen LogP contribution in [0.2, 0.25) is 0 Å². The maximum Gasteiger partial charge on any atom is 0.0777 e. The molecule has 0 aromatic rings. The third-order valence-corrected chi connectivity index (χ3v) is 3.11. The van der Waals surface area contributed by atoms with Gasteiger partial charge in [0.2, 0.25) is 0 Å². The van der Waals surface area contributed by atoms with E-state index < -0.39 is 0 Å². The second kappa shape index (κ2) is 4.63. The Hall–Kier alpha value is -0.0800. The fourth-order valence-electron chi connectivity index (χ4n) is 1.88. The first-order chi connectivity index (χ1) is 6.45. The maximum atomic E-state index is 6.11. The molecule has 0 aromatic heterocycles. The van der Waals surface area contributed by atoms with Crippen LogP contribution >= 0.6 is 0 Å². The fraction of sp³-hybridized carbons (Fsp3) is 1.00. The molecular weight excluding hydrogens is 174 g/mol. The molecular formula is C12H25NO. The van der Waals surface area contributed by atoms with Crippen LogP contribution < -0.4 is 5.73 Å². The van der Waals surface area contributed by atoms with Crippen LogP contribution in [-0.4, -0.2) is 18.2 Å². The predicted molar refractivity (Wildman–Crippen MR) is 60.2 cm³/mol. The highest BCUT2D eigenvalue weighted by atomic mass is 16.5. The summed E-state index contributed by atoms with van der Waals surface area (Å²) < 4.78 is 6.08. The molecule has 14 heavy (non-hydrogen) atoms. The van der Waals surface area contributed by atoms with Crippen molar-refractivity contribution in [2.45, 2.75) is 71.6 Å². The van der Waals surface area contributed by atoms with E-state index >= 15 is 0 Å². The van der Waals surface area contributed by atoms with Crippen molar-refractivity contribution in [3.05, 3.63) is 0 Å². The molecule has 0 amide bonds. The largest absolute Gasteiger partial charge is 0.373 e. The molecule has 0 spiro atoms. The Balaban J connectivity index is 2.51. The standard InChI is InChI=1S/C12H25NO/c1-5-10(13)11(12(2,3)4)14-9-7-6-8-9/h9-11H,5-8,13H2,1-4H3. The number of hydrogen-bond acceptors (Lipinski definition) is 2. The third kappa shape index (κ3) is 2.96. The van der Waals surface area contributed by atoms with Gasteiger partial charge in [0.05, 0.1) is 12.2 Å². The Kier molecular flexibility index (Phi) is 3.96. The lowest BCUT2D eigenvalue weighted by Crippen LogP contribution is -2.47. The quantitative estimate of drug-likeness (QED) is 0.755. The van der Waals surface area contributed by atoms with Crippen molar-refractivity contribution >= 4 is 0 Å². The van der Waals surface area contributed by atoms with E-state index in [4.69, 9.17) is 10.5 Å². The lowest BCUT2D eigenvalue weighted by molar-refractivity contribution is -0.106. The van der Waals surface area contributed by atoms with E-state index in [1.807, 2.05) is 0 Å². The Morgan fingerprint density at radius 3 is 2.21 bits per heavy atom. The summed E-state index contributed by atoms with van der Waals surface area (Å²) in [5.41, 5.74) is 6.26. The van der Waals surface area contributed by atoms with Crippen LogP contribution in [0.1, 0.15) is 53.4 Å². The minimum Gasteiger partial charge on any atom is -0.373 e. The van der Waals surface area contributed by atoms with Gasteiger partial charge in [-0.25, -0.2) is 0 Å². The highest BCUT2D eigenvalue weighted by Gasteiger charge is 2.33. The van der Waals surface area contributed by atoms with Crippen molar-refractivity contribution < 1.29 is 4.74 Å². The lowest BCUT2D eigenvalue weighted by atomic mass is 9.83. The summed E-state index contributed by atoms with van der Waals surface area (Å²) in [6.45, 7) is 8.77. The molecule has 0 radical (unpaired) electrons. The molecule has 2 unspecified atom stereocenters. The van der Waals surface area contributed by atoms with Gasteiger partial charge in [0, 0.05) is 6.04 Å². The third-order valence-electron chi connectivity index (χ3n) is 3.11. The second-order valence-electron chi connectivity index (χ2n) is 5.55. The molecule has 2 heteroatoms. The molecule has 2 nitrogen and oxygen atoms in total. The molecule has 1 aliphatic carbocycles. The number of ether oxygens (including phenoxy) is 1. The Labute approximate surface area is 88.2 Å². The topological polar surface area (TPSA) is 35.2 Å². The van der Waals surface area contributed by atoms with Crippen molar-refractivity contribution in [1.82, 2.24) is 0 Å². The normalized spacial score (nSPS) is 22.9. The van der Waals surface area contributed by atoms with Gasteiger partial charge in [-0.3, -0.25) is 0 Å². The van der Waals surface area contributed by atoms with Gasteiger partial charge in [-0.05, 0) is 31.1 Å². The summed E-state index contributed by atoms with van der Waals surface area (Å²) >= 11 is 0. The van der Waals surface area contributed by atoms with E-state index in [0.29, 0.717) is 6.10 Å². The molecule has 0 heterocycles. The highest BCUT2D eigenvalue weighted by Crippen LogP contribution is 2.31. The van der Waals surface area contributed by atoms with Crippen molar-refractivity contribution in [2.75, 3.05) is 0 Å². The van der Waals surface area contributed by atoms with Crippen LogP contribution in [0.3, 0.4) is 0 Å². The van der Waals surface area contributed by atoms with Gasteiger partial charge in [-0.15, -0.1) is 0 Å². The first-order valence-corrected chi connectivity index (χ1v) is 5.86. The molecule has 84 valence electrons. The predicted octanol–water partition coefficient (Wildman–Crippen LogP) is 2.71. The van der Waals surface area contributed by atoms with Crippen LogP contribution in [0, 0.1) is 5.41 Å². The molecule has 2 atom stereocenters. The SMILES string of the molecule is CCC(N)C(OC1CCC1)C(C)(C)C. The van der Waals surface area contributed by atoms with E-state index in [9.17, 15) is 0 Å². The van der Waals surface area contributed by atoms with Gasteiger partial charge in [0.25, 0.3) is 0 Å². The molecule has 1 aliphatic rings.